The third kappa shape index (κ3) is 8.93. The Morgan fingerprint density at radius 1 is 0.800 bits per heavy atom. The highest BCUT2D eigenvalue weighted by Gasteiger charge is 2.18. The molecule has 120 valence electrons. The molecule has 0 aliphatic carbocycles. The second-order valence-electron chi connectivity index (χ2n) is 8.31. The van der Waals surface area contributed by atoms with Crippen LogP contribution in [0.5, 0.6) is 0 Å². The summed E-state index contributed by atoms with van der Waals surface area (Å²) >= 11 is 0. The van der Waals surface area contributed by atoms with Gasteiger partial charge in [-0.15, -0.1) is 0 Å². The SMILES string of the molecule is CC(C)(C)CCN1CCCN(CCOC(C)(C)C)CC1. The van der Waals surface area contributed by atoms with E-state index in [1.165, 1.54) is 45.6 Å². The standard InChI is InChI=1S/C17H36N2O/c1-16(2,3)8-11-18-9-7-10-19(13-12-18)14-15-20-17(4,5)6/h7-15H2,1-6H3. The minimum absolute atomic E-state index is 0.00933. The number of hydrogen-bond acceptors (Lipinski definition) is 3. The Hall–Kier alpha value is -0.120. The Balaban J connectivity index is 2.22. The van der Waals surface area contributed by atoms with Crippen molar-refractivity contribution in [3.63, 3.8) is 0 Å². The van der Waals surface area contributed by atoms with E-state index in [0.29, 0.717) is 5.41 Å². The molecule has 1 aliphatic heterocycles. The van der Waals surface area contributed by atoms with Crippen molar-refractivity contribution < 1.29 is 4.74 Å². The summed E-state index contributed by atoms with van der Waals surface area (Å²) in [6.07, 6.45) is 2.58. The summed E-state index contributed by atoms with van der Waals surface area (Å²) in [6, 6.07) is 0. The first-order valence-electron chi connectivity index (χ1n) is 8.24. The van der Waals surface area contributed by atoms with Crippen LogP contribution in [-0.4, -0.2) is 61.3 Å². The lowest BCUT2D eigenvalue weighted by atomic mass is 9.92. The molecule has 1 heterocycles. The van der Waals surface area contributed by atoms with Crippen LogP contribution in [0.25, 0.3) is 0 Å². The van der Waals surface area contributed by atoms with Crippen LogP contribution >= 0.6 is 0 Å². The van der Waals surface area contributed by atoms with E-state index in [4.69, 9.17) is 4.74 Å². The minimum atomic E-state index is -0.00933. The molecule has 3 heteroatoms. The van der Waals surface area contributed by atoms with E-state index >= 15 is 0 Å². The van der Waals surface area contributed by atoms with Gasteiger partial charge in [0, 0.05) is 19.6 Å². The van der Waals surface area contributed by atoms with Gasteiger partial charge in [-0.25, -0.2) is 0 Å². The molecule has 1 saturated heterocycles. The average molecular weight is 284 g/mol. The lowest BCUT2D eigenvalue weighted by molar-refractivity contribution is -0.0127. The van der Waals surface area contributed by atoms with Crippen molar-refractivity contribution in [2.24, 2.45) is 5.41 Å². The van der Waals surface area contributed by atoms with Crippen LogP contribution < -0.4 is 0 Å². The van der Waals surface area contributed by atoms with E-state index in [1.54, 1.807) is 0 Å². The highest BCUT2D eigenvalue weighted by Crippen LogP contribution is 2.19. The largest absolute Gasteiger partial charge is 0.375 e. The number of nitrogens with zero attached hydrogens (tertiary/aromatic N) is 2. The summed E-state index contributed by atoms with van der Waals surface area (Å²) in [5, 5.41) is 0. The van der Waals surface area contributed by atoms with Crippen molar-refractivity contribution in [1.29, 1.82) is 0 Å². The monoisotopic (exact) mass is 284 g/mol. The molecule has 1 aliphatic rings. The summed E-state index contributed by atoms with van der Waals surface area (Å²) in [5.41, 5.74) is 0.442. The fraction of sp³-hybridized carbons (Fsp3) is 1.00. The molecule has 0 amide bonds. The molecule has 1 fully saturated rings. The van der Waals surface area contributed by atoms with Crippen molar-refractivity contribution in [3.05, 3.63) is 0 Å². The molecule has 0 saturated carbocycles. The van der Waals surface area contributed by atoms with Crippen LogP contribution in [0.15, 0.2) is 0 Å². The van der Waals surface area contributed by atoms with Gasteiger partial charge < -0.3 is 9.64 Å². The molecule has 0 aromatic heterocycles. The fourth-order valence-electron chi connectivity index (χ4n) is 2.45. The van der Waals surface area contributed by atoms with Gasteiger partial charge in [-0.3, -0.25) is 4.90 Å². The van der Waals surface area contributed by atoms with Crippen molar-refractivity contribution in [2.75, 3.05) is 45.9 Å². The first kappa shape index (κ1) is 17.9. The molecule has 20 heavy (non-hydrogen) atoms. The zero-order valence-electron chi connectivity index (χ0n) is 14.7. The Kier molecular flexibility index (Phi) is 6.96. The summed E-state index contributed by atoms with van der Waals surface area (Å²) in [6.45, 7) is 21.4. The molecular formula is C17H36N2O. The van der Waals surface area contributed by atoms with Crippen LogP contribution in [0.2, 0.25) is 0 Å². The highest BCUT2D eigenvalue weighted by atomic mass is 16.5. The summed E-state index contributed by atoms with van der Waals surface area (Å²) in [7, 11) is 0. The number of rotatable bonds is 5. The molecule has 0 N–H and O–H groups in total. The van der Waals surface area contributed by atoms with Crippen molar-refractivity contribution >= 4 is 0 Å². The number of hydrogen-bond donors (Lipinski definition) is 0. The van der Waals surface area contributed by atoms with Crippen LogP contribution in [-0.2, 0) is 4.74 Å². The Morgan fingerprint density at radius 3 is 1.85 bits per heavy atom. The topological polar surface area (TPSA) is 15.7 Å². The third-order valence-electron chi connectivity index (χ3n) is 3.80. The lowest BCUT2D eigenvalue weighted by Gasteiger charge is -2.26. The van der Waals surface area contributed by atoms with Crippen LogP contribution in [0.4, 0.5) is 0 Å². The molecule has 1 rings (SSSR count). The molecule has 0 aromatic carbocycles. The van der Waals surface area contributed by atoms with Gasteiger partial charge >= 0.3 is 0 Å². The fourth-order valence-corrected chi connectivity index (χ4v) is 2.45. The minimum Gasteiger partial charge on any atom is -0.375 e. The maximum absolute atomic E-state index is 5.84. The van der Waals surface area contributed by atoms with Crippen LogP contribution in [0.3, 0.4) is 0 Å². The van der Waals surface area contributed by atoms with Crippen LogP contribution in [0, 0.1) is 5.41 Å². The van der Waals surface area contributed by atoms with Crippen molar-refractivity contribution in [3.8, 4) is 0 Å². The van der Waals surface area contributed by atoms with E-state index < -0.39 is 0 Å². The predicted octanol–water partition coefficient (Wildman–Crippen LogP) is 3.25. The maximum Gasteiger partial charge on any atom is 0.0600 e. The second kappa shape index (κ2) is 7.77. The second-order valence-corrected chi connectivity index (χ2v) is 8.31. The summed E-state index contributed by atoms with van der Waals surface area (Å²) in [4.78, 5) is 5.19. The molecule has 0 unspecified atom stereocenters. The first-order valence-corrected chi connectivity index (χ1v) is 8.24. The first-order chi connectivity index (χ1) is 9.16. The molecule has 0 atom stereocenters. The lowest BCUT2D eigenvalue weighted by Crippen LogP contribution is -2.35. The van der Waals surface area contributed by atoms with E-state index in [9.17, 15) is 0 Å². The maximum atomic E-state index is 5.84. The van der Waals surface area contributed by atoms with E-state index in [0.717, 1.165) is 13.2 Å². The predicted molar refractivity (Wildman–Crippen MR) is 87.3 cm³/mol. The zero-order chi connectivity index (χ0) is 15.2. The molecule has 0 radical (unpaired) electrons. The molecular weight excluding hydrogens is 248 g/mol. The Morgan fingerprint density at radius 2 is 1.35 bits per heavy atom. The summed E-state index contributed by atoms with van der Waals surface area (Å²) < 4.78 is 5.84. The smallest absolute Gasteiger partial charge is 0.0600 e. The molecule has 0 bridgehead atoms. The van der Waals surface area contributed by atoms with Crippen molar-refractivity contribution in [1.82, 2.24) is 9.80 Å². The Bertz CT molecular complexity index is 265. The van der Waals surface area contributed by atoms with Crippen LogP contribution in [0.1, 0.15) is 54.4 Å². The van der Waals surface area contributed by atoms with Gasteiger partial charge in [0.15, 0.2) is 0 Å². The van der Waals surface area contributed by atoms with Gasteiger partial charge in [0.1, 0.15) is 0 Å². The molecule has 3 nitrogen and oxygen atoms in total. The van der Waals surface area contributed by atoms with Gasteiger partial charge in [0.05, 0.1) is 12.2 Å². The van der Waals surface area contributed by atoms with Gasteiger partial charge in [0.2, 0.25) is 0 Å². The van der Waals surface area contributed by atoms with E-state index in [-0.39, 0.29) is 5.60 Å². The highest BCUT2D eigenvalue weighted by molar-refractivity contribution is 4.72. The Labute approximate surface area is 126 Å². The van der Waals surface area contributed by atoms with E-state index in [2.05, 4.69) is 51.3 Å². The normalized spacial score (nSPS) is 20.1. The third-order valence-corrected chi connectivity index (χ3v) is 3.80. The zero-order valence-corrected chi connectivity index (χ0v) is 14.7. The average Bonchev–Trinajstić information content (AvgIpc) is 2.49. The quantitative estimate of drug-likeness (QED) is 0.771. The number of ether oxygens (including phenoxy) is 1. The van der Waals surface area contributed by atoms with Crippen molar-refractivity contribution in [2.45, 2.75) is 60.0 Å². The molecule has 0 spiro atoms. The van der Waals surface area contributed by atoms with Gasteiger partial charge in [-0.05, 0) is 58.7 Å². The van der Waals surface area contributed by atoms with Gasteiger partial charge in [0.25, 0.3) is 0 Å². The van der Waals surface area contributed by atoms with Gasteiger partial charge in [-0.1, -0.05) is 20.8 Å². The summed E-state index contributed by atoms with van der Waals surface area (Å²) in [5.74, 6) is 0. The van der Waals surface area contributed by atoms with Gasteiger partial charge in [-0.2, -0.15) is 0 Å². The van der Waals surface area contributed by atoms with E-state index in [1.807, 2.05) is 0 Å². The molecule has 0 aromatic rings.